The first-order valence-electron chi connectivity index (χ1n) is 4.79. The number of rotatable bonds is 1. The van der Waals surface area contributed by atoms with Crippen molar-refractivity contribution >= 4 is 27.0 Å². The maximum Gasteiger partial charge on any atom is 0.227 e. The molecule has 0 radical (unpaired) electrons. The molecule has 0 aliphatic carbocycles. The normalized spacial score (nSPS) is 10.8. The van der Waals surface area contributed by atoms with Crippen LogP contribution in [-0.2, 0) is 0 Å². The highest BCUT2D eigenvalue weighted by Crippen LogP contribution is 2.25. The maximum atomic E-state index is 5.64. The van der Waals surface area contributed by atoms with Gasteiger partial charge in [-0.25, -0.2) is 4.98 Å². The molecule has 0 aliphatic rings. The molecule has 0 N–H and O–H groups in total. The fraction of sp³-hybridized carbons (Fsp3) is 0. The van der Waals surface area contributed by atoms with Crippen LogP contribution in [0.1, 0.15) is 0 Å². The summed E-state index contributed by atoms with van der Waals surface area (Å²) in [7, 11) is 0. The average molecular weight is 275 g/mol. The highest BCUT2D eigenvalue weighted by Gasteiger charge is 2.07. The van der Waals surface area contributed by atoms with Gasteiger partial charge in [0.05, 0.1) is 6.20 Å². The number of hydrogen-bond acceptors (Lipinski definition) is 3. The van der Waals surface area contributed by atoms with Gasteiger partial charge in [-0.2, -0.15) is 0 Å². The van der Waals surface area contributed by atoms with E-state index < -0.39 is 0 Å². The van der Waals surface area contributed by atoms with Gasteiger partial charge in [0, 0.05) is 22.3 Å². The Morgan fingerprint density at radius 3 is 2.94 bits per heavy atom. The molecule has 3 aromatic rings. The number of halogens is 1. The first-order chi connectivity index (χ1) is 7.83. The number of fused-ring (bicyclic) bond motifs is 1. The summed E-state index contributed by atoms with van der Waals surface area (Å²) in [5.41, 5.74) is 2.48. The van der Waals surface area contributed by atoms with E-state index in [-0.39, 0.29) is 0 Å². The number of benzene rings is 1. The van der Waals surface area contributed by atoms with Crippen LogP contribution in [0.15, 0.2) is 51.6 Å². The Morgan fingerprint density at radius 1 is 1.19 bits per heavy atom. The molecular weight excluding hydrogens is 268 g/mol. The predicted molar refractivity (Wildman–Crippen MR) is 64.9 cm³/mol. The van der Waals surface area contributed by atoms with E-state index in [0.29, 0.717) is 5.89 Å². The van der Waals surface area contributed by atoms with Crippen molar-refractivity contribution in [2.45, 2.75) is 0 Å². The van der Waals surface area contributed by atoms with E-state index in [4.69, 9.17) is 4.42 Å². The van der Waals surface area contributed by atoms with E-state index >= 15 is 0 Å². The Kier molecular flexibility index (Phi) is 2.22. The molecular formula is C12H7BrN2O. The lowest BCUT2D eigenvalue weighted by atomic mass is 10.2. The summed E-state index contributed by atoms with van der Waals surface area (Å²) < 4.78 is 6.64. The number of oxazole rings is 1. The average Bonchev–Trinajstić information content (AvgIpc) is 2.72. The van der Waals surface area contributed by atoms with Crippen molar-refractivity contribution in [3.8, 4) is 11.5 Å². The minimum atomic E-state index is 0.615. The van der Waals surface area contributed by atoms with E-state index in [2.05, 4.69) is 25.9 Å². The maximum absolute atomic E-state index is 5.64. The van der Waals surface area contributed by atoms with Crippen LogP contribution in [0.3, 0.4) is 0 Å². The third kappa shape index (κ3) is 1.61. The van der Waals surface area contributed by atoms with Gasteiger partial charge in [0.25, 0.3) is 0 Å². The summed E-state index contributed by atoms with van der Waals surface area (Å²) in [5.74, 6) is 0.615. The van der Waals surface area contributed by atoms with Crippen LogP contribution in [0.2, 0.25) is 0 Å². The second-order valence-corrected chi connectivity index (χ2v) is 4.29. The molecule has 2 heterocycles. The largest absolute Gasteiger partial charge is 0.436 e. The van der Waals surface area contributed by atoms with Crippen LogP contribution in [0.25, 0.3) is 22.6 Å². The van der Waals surface area contributed by atoms with Gasteiger partial charge in [0.15, 0.2) is 5.58 Å². The van der Waals surface area contributed by atoms with Gasteiger partial charge < -0.3 is 4.42 Å². The molecule has 0 fully saturated rings. The lowest BCUT2D eigenvalue weighted by Crippen LogP contribution is -1.76. The van der Waals surface area contributed by atoms with Crippen LogP contribution in [0, 0.1) is 0 Å². The predicted octanol–water partition coefficient (Wildman–Crippen LogP) is 3.65. The molecule has 1 aromatic carbocycles. The minimum Gasteiger partial charge on any atom is -0.436 e. The molecule has 0 bridgehead atoms. The van der Waals surface area contributed by atoms with Crippen molar-refractivity contribution in [1.82, 2.24) is 9.97 Å². The van der Waals surface area contributed by atoms with E-state index in [1.165, 1.54) is 0 Å². The molecule has 3 rings (SSSR count). The number of aromatic nitrogens is 2. The third-order valence-corrected chi connectivity index (χ3v) is 2.75. The SMILES string of the molecule is Brc1cccc(-c2nc3cnccc3o2)c1. The molecule has 0 saturated heterocycles. The smallest absolute Gasteiger partial charge is 0.227 e. The van der Waals surface area contributed by atoms with Gasteiger partial charge in [-0.15, -0.1) is 0 Å². The molecule has 0 saturated carbocycles. The quantitative estimate of drug-likeness (QED) is 0.680. The zero-order valence-corrected chi connectivity index (χ0v) is 9.81. The minimum absolute atomic E-state index is 0.615. The molecule has 0 spiro atoms. The van der Waals surface area contributed by atoms with Gasteiger partial charge in [0.1, 0.15) is 5.52 Å². The highest BCUT2D eigenvalue weighted by atomic mass is 79.9. The topological polar surface area (TPSA) is 38.9 Å². The molecule has 2 aromatic heterocycles. The molecule has 0 aliphatic heterocycles. The van der Waals surface area contributed by atoms with Crippen LogP contribution < -0.4 is 0 Å². The van der Waals surface area contributed by atoms with Crippen LogP contribution in [0.5, 0.6) is 0 Å². The van der Waals surface area contributed by atoms with Gasteiger partial charge in [0.2, 0.25) is 5.89 Å². The van der Waals surface area contributed by atoms with Crippen molar-refractivity contribution in [2.24, 2.45) is 0 Å². The molecule has 0 amide bonds. The van der Waals surface area contributed by atoms with Crippen molar-refractivity contribution in [3.63, 3.8) is 0 Å². The van der Waals surface area contributed by atoms with Crippen molar-refractivity contribution in [3.05, 3.63) is 47.2 Å². The third-order valence-electron chi connectivity index (χ3n) is 2.26. The molecule has 0 atom stereocenters. The molecule has 16 heavy (non-hydrogen) atoms. The summed E-state index contributed by atoms with van der Waals surface area (Å²) in [4.78, 5) is 8.38. The highest BCUT2D eigenvalue weighted by molar-refractivity contribution is 9.10. The first-order valence-corrected chi connectivity index (χ1v) is 5.59. The number of nitrogens with zero attached hydrogens (tertiary/aromatic N) is 2. The summed E-state index contributed by atoms with van der Waals surface area (Å²) >= 11 is 3.42. The monoisotopic (exact) mass is 274 g/mol. The molecule has 3 nitrogen and oxygen atoms in total. The number of pyridine rings is 1. The van der Waals surface area contributed by atoms with Gasteiger partial charge >= 0.3 is 0 Å². The van der Waals surface area contributed by atoms with Gasteiger partial charge in [-0.05, 0) is 18.2 Å². The van der Waals surface area contributed by atoms with E-state index in [1.807, 2.05) is 30.3 Å². The summed E-state index contributed by atoms with van der Waals surface area (Å²) in [6.07, 6.45) is 3.39. The first kappa shape index (κ1) is 9.54. The standard InChI is InChI=1S/C12H7BrN2O/c13-9-3-1-2-8(6-9)12-15-10-7-14-5-4-11(10)16-12/h1-7H. The van der Waals surface area contributed by atoms with Crippen LogP contribution in [-0.4, -0.2) is 9.97 Å². The Labute approximate surface area is 100 Å². The Bertz CT molecular complexity index is 615. The fourth-order valence-electron chi connectivity index (χ4n) is 1.52. The van der Waals surface area contributed by atoms with Crippen LogP contribution in [0.4, 0.5) is 0 Å². The summed E-state index contributed by atoms with van der Waals surface area (Å²) in [6, 6.07) is 9.66. The second kappa shape index (κ2) is 3.72. The van der Waals surface area contributed by atoms with Crippen molar-refractivity contribution in [2.75, 3.05) is 0 Å². The zero-order chi connectivity index (χ0) is 11.0. The summed E-state index contributed by atoms with van der Waals surface area (Å²) in [6.45, 7) is 0. The Hall–Kier alpha value is -1.68. The zero-order valence-electron chi connectivity index (χ0n) is 8.22. The lowest BCUT2D eigenvalue weighted by molar-refractivity contribution is 0.619. The van der Waals surface area contributed by atoms with Crippen molar-refractivity contribution < 1.29 is 4.42 Å². The molecule has 0 unspecified atom stereocenters. The van der Waals surface area contributed by atoms with E-state index in [0.717, 1.165) is 21.1 Å². The van der Waals surface area contributed by atoms with E-state index in [1.54, 1.807) is 12.4 Å². The fourth-order valence-corrected chi connectivity index (χ4v) is 1.92. The lowest BCUT2D eigenvalue weighted by Gasteiger charge is -1.94. The second-order valence-electron chi connectivity index (χ2n) is 3.37. The molecule has 78 valence electrons. The Morgan fingerprint density at radius 2 is 2.12 bits per heavy atom. The Balaban J connectivity index is 2.19. The van der Waals surface area contributed by atoms with E-state index in [9.17, 15) is 0 Å². The molecule has 4 heteroatoms. The van der Waals surface area contributed by atoms with Crippen molar-refractivity contribution in [1.29, 1.82) is 0 Å². The summed E-state index contributed by atoms with van der Waals surface area (Å²) in [5, 5.41) is 0. The van der Waals surface area contributed by atoms with Gasteiger partial charge in [-0.3, -0.25) is 4.98 Å². The van der Waals surface area contributed by atoms with Gasteiger partial charge in [-0.1, -0.05) is 22.0 Å². The van der Waals surface area contributed by atoms with Crippen LogP contribution >= 0.6 is 15.9 Å². The number of hydrogen-bond donors (Lipinski definition) is 0.